The van der Waals surface area contributed by atoms with Gasteiger partial charge < -0.3 is 4.98 Å². The molecule has 0 spiro atoms. The van der Waals surface area contributed by atoms with Crippen LogP contribution in [0.5, 0.6) is 0 Å². The summed E-state index contributed by atoms with van der Waals surface area (Å²) in [5, 5.41) is 0. The molecule has 0 radical (unpaired) electrons. The van der Waals surface area contributed by atoms with Gasteiger partial charge in [-0.25, -0.2) is 0 Å². The number of carbonyl (C=O) groups is 1. The molecule has 2 aromatic rings. The topological polar surface area (TPSA) is 49.9 Å². The van der Waals surface area contributed by atoms with Crippen LogP contribution in [0.3, 0.4) is 0 Å². The quantitative estimate of drug-likeness (QED) is 0.778. The average molecular weight is 213 g/mol. The summed E-state index contributed by atoms with van der Waals surface area (Å²) in [6, 6.07) is 12.1. The second-order valence-corrected chi connectivity index (χ2v) is 3.56. The van der Waals surface area contributed by atoms with Gasteiger partial charge in [-0.15, -0.1) is 0 Å². The van der Waals surface area contributed by atoms with Crippen molar-refractivity contribution in [1.82, 2.24) is 4.98 Å². The maximum Gasteiger partial charge on any atom is 0.248 e. The van der Waals surface area contributed by atoms with Gasteiger partial charge in [-0.05, 0) is 18.6 Å². The molecule has 0 atom stereocenters. The molecular weight excluding hydrogens is 202 g/mol. The summed E-state index contributed by atoms with van der Waals surface area (Å²) in [6.45, 7) is 1.53. The molecule has 0 amide bonds. The van der Waals surface area contributed by atoms with Gasteiger partial charge in [0.2, 0.25) is 5.56 Å². The van der Waals surface area contributed by atoms with Crippen molar-refractivity contribution < 1.29 is 4.79 Å². The van der Waals surface area contributed by atoms with E-state index in [0.717, 1.165) is 11.3 Å². The number of H-pyrrole nitrogens is 1. The smallest absolute Gasteiger partial charge is 0.248 e. The van der Waals surface area contributed by atoms with E-state index in [1.165, 1.54) is 13.0 Å². The first kappa shape index (κ1) is 10.4. The molecular formula is C13H11NO2. The first-order valence-electron chi connectivity index (χ1n) is 4.97. The Balaban J connectivity index is 2.42. The molecule has 80 valence electrons. The van der Waals surface area contributed by atoms with E-state index < -0.39 is 0 Å². The highest BCUT2D eigenvalue weighted by Crippen LogP contribution is 2.16. The number of pyridine rings is 1. The van der Waals surface area contributed by atoms with Gasteiger partial charge in [0.05, 0.1) is 0 Å². The van der Waals surface area contributed by atoms with Crippen molar-refractivity contribution >= 4 is 5.78 Å². The molecule has 1 aromatic heterocycles. The van der Waals surface area contributed by atoms with Gasteiger partial charge >= 0.3 is 0 Å². The number of aromatic nitrogens is 1. The third kappa shape index (κ3) is 2.08. The molecule has 3 nitrogen and oxygen atoms in total. The summed E-state index contributed by atoms with van der Waals surface area (Å²) in [5.74, 6) is 0.0353. The summed E-state index contributed by atoms with van der Waals surface area (Å²) in [5.41, 5.74) is 2.18. The molecule has 1 N–H and O–H groups in total. The normalized spacial score (nSPS) is 10.1. The molecule has 0 aliphatic rings. The zero-order chi connectivity index (χ0) is 11.5. The van der Waals surface area contributed by atoms with Crippen molar-refractivity contribution in [2.24, 2.45) is 0 Å². The highest BCUT2D eigenvalue weighted by atomic mass is 16.1. The summed E-state index contributed by atoms with van der Waals surface area (Å²) in [7, 11) is 0. The fourth-order valence-electron chi connectivity index (χ4n) is 1.50. The maximum absolute atomic E-state index is 11.1. The van der Waals surface area contributed by atoms with E-state index in [9.17, 15) is 9.59 Å². The van der Waals surface area contributed by atoms with Crippen LogP contribution in [0.4, 0.5) is 0 Å². The van der Waals surface area contributed by atoms with Crippen molar-refractivity contribution in [3.05, 3.63) is 58.4 Å². The lowest BCUT2D eigenvalue weighted by molar-refractivity contribution is 0.101. The minimum absolute atomic E-state index is 0.0353. The molecule has 0 bridgehead atoms. The first-order valence-corrected chi connectivity index (χ1v) is 4.97. The van der Waals surface area contributed by atoms with Gasteiger partial charge in [-0.3, -0.25) is 9.59 Å². The Morgan fingerprint density at radius 1 is 1.06 bits per heavy atom. The Hall–Kier alpha value is -2.16. The van der Waals surface area contributed by atoms with E-state index in [2.05, 4.69) is 4.98 Å². The van der Waals surface area contributed by atoms with Gasteiger partial charge in [0.15, 0.2) is 5.78 Å². The van der Waals surface area contributed by atoms with E-state index in [1.54, 1.807) is 18.2 Å². The van der Waals surface area contributed by atoms with E-state index in [0.29, 0.717) is 5.56 Å². The first-order chi connectivity index (χ1) is 7.66. The van der Waals surface area contributed by atoms with Crippen molar-refractivity contribution in [3.8, 4) is 11.3 Å². The fourth-order valence-corrected chi connectivity index (χ4v) is 1.50. The number of Topliss-reactive ketones (excluding diaryl/α,β-unsaturated/α-hetero) is 1. The second kappa shape index (κ2) is 4.14. The van der Waals surface area contributed by atoms with Crippen molar-refractivity contribution in [2.75, 3.05) is 0 Å². The Labute approximate surface area is 92.8 Å². The van der Waals surface area contributed by atoms with Crippen molar-refractivity contribution in [3.63, 3.8) is 0 Å². The molecule has 1 aromatic carbocycles. The van der Waals surface area contributed by atoms with Crippen LogP contribution in [0, 0.1) is 0 Å². The molecule has 0 aliphatic carbocycles. The Morgan fingerprint density at radius 2 is 1.75 bits per heavy atom. The minimum Gasteiger partial charge on any atom is -0.322 e. The van der Waals surface area contributed by atoms with Crippen LogP contribution in [0.1, 0.15) is 17.3 Å². The standard InChI is InChI=1S/C13H11NO2/c1-9(15)10-5-7-11(8-6-10)12-3-2-4-13(16)14-12/h2-8H,1H3,(H,14,16). The van der Waals surface area contributed by atoms with Crippen molar-refractivity contribution in [2.45, 2.75) is 6.92 Å². The third-order valence-electron chi connectivity index (χ3n) is 2.37. The van der Waals surface area contributed by atoms with Crippen LogP contribution in [0.2, 0.25) is 0 Å². The number of nitrogens with one attached hydrogen (secondary N) is 1. The van der Waals surface area contributed by atoms with Crippen LogP contribution >= 0.6 is 0 Å². The van der Waals surface area contributed by atoms with Crippen LogP contribution in [-0.2, 0) is 0 Å². The number of hydrogen-bond donors (Lipinski definition) is 1. The van der Waals surface area contributed by atoms with E-state index >= 15 is 0 Å². The van der Waals surface area contributed by atoms with Gasteiger partial charge in [0, 0.05) is 17.3 Å². The summed E-state index contributed by atoms with van der Waals surface area (Å²) < 4.78 is 0. The average Bonchev–Trinajstić information content (AvgIpc) is 2.29. The van der Waals surface area contributed by atoms with Gasteiger partial charge in [0.1, 0.15) is 0 Å². The Bertz CT molecular complexity index is 567. The molecule has 0 aliphatic heterocycles. The van der Waals surface area contributed by atoms with Gasteiger partial charge in [-0.1, -0.05) is 30.3 Å². The number of benzene rings is 1. The highest BCUT2D eigenvalue weighted by Gasteiger charge is 2.01. The number of hydrogen-bond acceptors (Lipinski definition) is 2. The lowest BCUT2D eigenvalue weighted by Crippen LogP contribution is -2.03. The van der Waals surface area contributed by atoms with Crippen LogP contribution in [-0.4, -0.2) is 10.8 Å². The fraction of sp³-hybridized carbons (Fsp3) is 0.0769. The number of carbonyl (C=O) groups excluding carboxylic acids is 1. The molecule has 0 saturated heterocycles. The zero-order valence-corrected chi connectivity index (χ0v) is 8.86. The Kier molecular flexibility index (Phi) is 2.68. The summed E-state index contributed by atoms with van der Waals surface area (Å²) in [6.07, 6.45) is 0. The lowest BCUT2D eigenvalue weighted by Gasteiger charge is -2.01. The predicted molar refractivity (Wildman–Crippen MR) is 62.5 cm³/mol. The molecule has 3 heteroatoms. The van der Waals surface area contributed by atoms with E-state index in [4.69, 9.17) is 0 Å². The van der Waals surface area contributed by atoms with Crippen LogP contribution in [0.15, 0.2) is 47.3 Å². The van der Waals surface area contributed by atoms with Crippen molar-refractivity contribution in [1.29, 1.82) is 0 Å². The second-order valence-electron chi connectivity index (χ2n) is 3.56. The largest absolute Gasteiger partial charge is 0.322 e. The number of ketones is 1. The SMILES string of the molecule is CC(=O)c1ccc(-c2cccc(=O)[nH]2)cc1. The summed E-state index contributed by atoms with van der Waals surface area (Å²) >= 11 is 0. The number of aromatic amines is 1. The molecule has 0 saturated carbocycles. The highest BCUT2D eigenvalue weighted by molar-refractivity contribution is 5.94. The molecule has 2 rings (SSSR count). The third-order valence-corrected chi connectivity index (χ3v) is 2.37. The zero-order valence-electron chi connectivity index (χ0n) is 8.86. The predicted octanol–water partition coefficient (Wildman–Crippen LogP) is 2.24. The van der Waals surface area contributed by atoms with Gasteiger partial charge in [0.25, 0.3) is 0 Å². The minimum atomic E-state index is -0.131. The molecule has 0 fully saturated rings. The van der Waals surface area contributed by atoms with Crippen LogP contribution < -0.4 is 5.56 Å². The summed E-state index contributed by atoms with van der Waals surface area (Å²) in [4.78, 5) is 25.0. The molecule has 0 unspecified atom stereocenters. The monoisotopic (exact) mass is 213 g/mol. The lowest BCUT2D eigenvalue weighted by atomic mass is 10.1. The molecule has 16 heavy (non-hydrogen) atoms. The number of rotatable bonds is 2. The van der Waals surface area contributed by atoms with E-state index in [-0.39, 0.29) is 11.3 Å². The maximum atomic E-state index is 11.1. The Morgan fingerprint density at radius 3 is 2.31 bits per heavy atom. The van der Waals surface area contributed by atoms with Crippen LogP contribution in [0.25, 0.3) is 11.3 Å². The van der Waals surface area contributed by atoms with E-state index in [1.807, 2.05) is 18.2 Å². The molecule has 1 heterocycles. The van der Waals surface area contributed by atoms with Gasteiger partial charge in [-0.2, -0.15) is 0 Å².